The Labute approximate surface area is 79.4 Å². The van der Waals surface area contributed by atoms with Gasteiger partial charge in [-0.3, -0.25) is 0 Å². The van der Waals surface area contributed by atoms with E-state index in [0.717, 1.165) is 0 Å². The van der Waals surface area contributed by atoms with Crippen LogP contribution in [0.4, 0.5) is 0 Å². The van der Waals surface area contributed by atoms with Crippen LogP contribution in [0.2, 0.25) is 0 Å². The van der Waals surface area contributed by atoms with Crippen molar-refractivity contribution in [2.75, 3.05) is 26.9 Å². The van der Waals surface area contributed by atoms with Gasteiger partial charge in [0.05, 0.1) is 26.9 Å². The highest BCUT2D eigenvalue weighted by atomic mass is 16.7. The lowest BCUT2D eigenvalue weighted by atomic mass is 10.7. The van der Waals surface area contributed by atoms with Crippen LogP contribution in [0, 0.1) is 0 Å². The van der Waals surface area contributed by atoms with Gasteiger partial charge in [-0.05, 0) is 20.8 Å². The third-order valence-electron chi connectivity index (χ3n) is 1.18. The van der Waals surface area contributed by atoms with E-state index >= 15 is 0 Å². The lowest BCUT2D eigenvalue weighted by molar-refractivity contribution is -0.0261. The number of rotatable bonds is 7. The van der Waals surface area contributed by atoms with Crippen molar-refractivity contribution in [2.24, 2.45) is 0 Å². The Bertz CT molecular complexity index is 146. The summed E-state index contributed by atoms with van der Waals surface area (Å²) in [6.07, 6.45) is 0. The molecule has 0 amide bonds. The topological polar surface area (TPSA) is 36.9 Å². The molecule has 0 unspecified atom stereocenters. The van der Waals surface area contributed by atoms with Gasteiger partial charge in [0.15, 0.2) is 0 Å². The van der Waals surface area contributed by atoms with Crippen molar-refractivity contribution in [3.05, 3.63) is 11.9 Å². The molecule has 0 heterocycles. The van der Waals surface area contributed by atoms with Crippen molar-refractivity contribution in [2.45, 2.75) is 20.8 Å². The van der Waals surface area contributed by atoms with E-state index in [1.165, 1.54) is 7.11 Å². The Morgan fingerprint density at radius 2 is 1.15 bits per heavy atom. The van der Waals surface area contributed by atoms with Crippen molar-refractivity contribution in [1.29, 1.82) is 0 Å². The SMILES string of the molecule is CCOC(OC)=C(OCC)OCC. The summed E-state index contributed by atoms with van der Waals surface area (Å²) in [5, 5.41) is 0. The molecule has 0 saturated carbocycles. The maximum Gasteiger partial charge on any atom is 0.364 e. The Hall–Kier alpha value is -1.06. The highest BCUT2D eigenvalue weighted by Gasteiger charge is 2.10. The summed E-state index contributed by atoms with van der Waals surface area (Å²) in [5.41, 5.74) is 0. The van der Waals surface area contributed by atoms with Crippen LogP contribution < -0.4 is 0 Å². The van der Waals surface area contributed by atoms with Crippen molar-refractivity contribution in [1.82, 2.24) is 0 Å². The highest BCUT2D eigenvalue weighted by molar-refractivity contribution is 4.85. The summed E-state index contributed by atoms with van der Waals surface area (Å²) in [7, 11) is 1.52. The molecule has 0 N–H and O–H groups in total. The minimum Gasteiger partial charge on any atom is -0.464 e. The van der Waals surface area contributed by atoms with Crippen LogP contribution in [-0.2, 0) is 18.9 Å². The Balaban J connectivity index is 4.35. The third-order valence-corrected chi connectivity index (χ3v) is 1.18. The maximum atomic E-state index is 5.20. The lowest BCUT2D eigenvalue weighted by Gasteiger charge is -2.13. The average molecular weight is 190 g/mol. The molecular formula is C9H18O4. The quantitative estimate of drug-likeness (QED) is 0.574. The van der Waals surface area contributed by atoms with E-state index in [0.29, 0.717) is 31.7 Å². The predicted octanol–water partition coefficient (Wildman–Crippen LogP) is 1.87. The van der Waals surface area contributed by atoms with Crippen LogP contribution in [0.15, 0.2) is 11.9 Å². The van der Waals surface area contributed by atoms with E-state index in [-0.39, 0.29) is 0 Å². The normalized spacial score (nSPS) is 8.92. The summed E-state index contributed by atoms with van der Waals surface area (Å²) < 4.78 is 20.5. The molecule has 4 heteroatoms. The number of ether oxygens (including phenoxy) is 4. The first-order valence-corrected chi connectivity index (χ1v) is 4.46. The highest BCUT2D eigenvalue weighted by Crippen LogP contribution is 2.10. The van der Waals surface area contributed by atoms with Crippen molar-refractivity contribution >= 4 is 0 Å². The van der Waals surface area contributed by atoms with E-state index in [2.05, 4.69) is 0 Å². The molecule has 0 spiro atoms. The molecule has 0 saturated heterocycles. The minimum atomic E-state index is 0.297. The molecular weight excluding hydrogens is 172 g/mol. The molecule has 0 fully saturated rings. The summed E-state index contributed by atoms with van der Waals surface area (Å²) in [4.78, 5) is 0. The maximum absolute atomic E-state index is 5.20. The van der Waals surface area contributed by atoms with E-state index in [9.17, 15) is 0 Å². The molecule has 78 valence electrons. The zero-order valence-electron chi connectivity index (χ0n) is 8.75. The van der Waals surface area contributed by atoms with Crippen LogP contribution in [0.5, 0.6) is 0 Å². The van der Waals surface area contributed by atoms with Crippen LogP contribution in [-0.4, -0.2) is 26.9 Å². The van der Waals surface area contributed by atoms with Gasteiger partial charge in [0.2, 0.25) is 0 Å². The van der Waals surface area contributed by atoms with Crippen molar-refractivity contribution in [3.8, 4) is 0 Å². The zero-order chi connectivity index (χ0) is 10.1. The average Bonchev–Trinajstić information content (AvgIpc) is 2.14. The molecule has 0 aromatic rings. The molecule has 0 aliphatic rings. The molecule has 0 aliphatic heterocycles. The van der Waals surface area contributed by atoms with Gasteiger partial charge in [0.25, 0.3) is 0 Å². The summed E-state index contributed by atoms with van der Waals surface area (Å²) in [6.45, 7) is 7.18. The molecule has 0 aromatic carbocycles. The second kappa shape index (κ2) is 7.58. The molecule has 13 heavy (non-hydrogen) atoms. The number of hydrogen-bond donors (Lipinski definition) is 0. The first-order chi connectivity index (χ1) is 6.29. The summed E-state index contributed by atoms with van der Waals surface area (Å²) in [6, 6.07) is 0. The van der Waals surface area contributed by atoms with Gasteiger partial charge < -0.3 is 18.9 Å². The van der Waals surface area contributed by atoms with E-state index in [1.54, 1.807) is 0 Å². The van der Waals surface area contributed by atoms with E-state index in [4.69, 9.17) is 18.9 Å². The van der Waals surface area contributed by atoms with Gasteiger partial charge in [-0.2, -0.15) is 0 Å². The van der Waals surface area contributed by atoms with Gasteiger partial charge >= 0.3 is 11.9 Å². The molecule has 0 bridgehead atoms. The fourth-order valence-electron chi connectivity index (χ4n) is 0.754. The lowest BCUT2D eigenvalue weighted by Crippen LogP contribution is -2.06. The van der Waals surface area contributed by atoms with Crippen molar-refractivity contribution in [3.63, 3.8) is 0 Å². The summed E-state index contributed by atoms with van der Waals surface area (Å²) in [5.74, 6) is 0.612. The van der Waals surface area contributed by atoms with E-state index < -0.39 is 0 Å². The molecule has 0 radical (unpaired) electrons. The Kier molecular flexibility index (Phi) is 6.96. The van der Waals surface area contributed by atoms with Crippen molar-refractivity contribution < 1.29 is 18.9 Å². The zero-order valence-corrected chi connectivity index (χ0v) is 8.75. The molecule has 0 aromatic heterocycles. The Morgan fingerprint density at radius 1 is 0.769 bits per heavy atom. The second-order valence-corrected chi connectivity index (χ2v) is 2.08. The van der Waals surface area contributed by atoms with Gasteiger partial charge in [-0.15, -0.1) is 0 Å². The standard InChI is InChI=1S/C9H18O4/c1-5-11-8(10-4)9(12-6-2)13-7-3/h5-7H2,1-4H3. The molecule has 4 nitrogen and oxygen atoms in total. The van der Waals surface area contributed by atoms with Gasteiger partial charge in [0, 0.05) is 0 Å². The first-order valence-electron chi connectivity index (χ1n) is 4.46. The predicted molar refractivity (Wildman–Crippen MR) is 48.9 cm³/mol. The van der Waals surface area contributed by atoms with Crippen LogP contribution in [0.3, 0.4) is 0 Å². The van der Waals surface area contributed by atoms with Crippen LogP contribution >= 0.6 is 0 Å². The molecule has 0 atom stereocenters. The van der Waals surface area contributed by atoms with Gasteiger partial charge in [-0.1, -0.05) is 0 Å². The minimum absolute atomic E-state index is 0.297. The second-order valence-electron chi connectivity index (χ2n) is 2.08. The fourth-order valence-corrected chi connectivity index (χ4v) is 0.754. The number of methoxy groups -OCH3 is 1. The Morgan fingerprint density at radius 3 is 1.46 bits per heavy atom. The van der Waals surface area contributed by atoms with E-state index in [1.807, 2.05) is 20.8 Å². The molecule has 0 rings (SSSR count). The van der Waals surface area contributed by atoms with Gasteiger partial charge in [0.1, 0.15) is 0 Å². The number of hydrogen-bond acceptors (Lipinski definition) is 4. The third kappa shape index (κ3) is 4.50. The first kappa shape index (κ1) is 11.9. The van der Waals surface area contributed by atoms with Crippen LogP contribution in [0.25, 0.3) is 0 Å². The monoisotopic (exact) mass is 190 g/mol. The van der Waals surface area contributed by atoms with Crippen LogP contribution in [0.1, 0.15) is 20.8 Å². The summed E-state index contributed by atoms with van der Waals surface area (Å²) >= 11 is 0. The smallest absolute Gasteiger partial charge is 0.364 e. The largest absolute Gasteiger partial charge is 0.464 e. The fraction of sp³-hybridized carbons (Fsp3) is 0.778. The van der Waals surface area contributed by atoms with Gasteiger partial charge in [-0.25, -0.2) is 0 Å². The molecule has 0 aliphatic carbocycles.